The molecule has 2 aromatic rings. The van der Waals surface area contributed by atoms with E-state index in [1.807, 2.05) is 43.3 Å². The van der Waals surface area contributed by atoms with Gasteiger partial charge in [0.15, 0.2) is 0 Å². The van der Waals surface area contributed by atoms with Gasteiger partial charge in [0.2, 0.25) is 0 Å². The van der Waals surface area contributed by atoms with Crippen LogP contribution >= 0.6 is 0 Å². The fraction of sp³-hybridized carbons (Fsp3) is 0.154. The predicted octanol–water partition coefficient (Wildman–Crippen LogP) is 2.52. The Morgan fingerprint density at radius 1 is 1.12 bits per heavy atom. The van der Waals surface area contributed by atoms with E-state index in [2.05, 4.69) is 4.98 Å². The molecule has 0 fully saturated rings. The van der Waals surface area contributed by atoms with Gasteiger partial charge in [-0.2, -0.15) is 0 Å². The lowest BCUT2D eigenvalue weighted by atomic mass is 10.3. The van der Waals surface area contributed by atoms with E-state index in [1.54, 1.807) is 18.3 Å². The molecular weight excluding hydrogens is 214 g/mol. The smallest absolute Gasteiger partial charge is 0.132 e. The van der Waals surface area contributed by atoms with Crippen molar-refractivity contribution < 1.29 is 4.74 Å². The van der Waals surface area contributed by atoms with E-state index in [-0.39, 0.29) is 0 Å². The summed E-state index contributed by atoms with van der Waals surface area (Å²) in [5.74, 6) is 1.92. The highest BCUT2D eigenvalue weighted by atomic mass is 16.5. The summed E-state index contributed by atoms with van der Waals surface area (Å²) in [6.07, 6.45) is 1.63. The Morgan fingerprint density at radius 2 is 1.88 bits per heavy atom. The van der Waals surface area contributed by atoms with Crippen LogP contribution in [0.4, 0.5) is 11.5 Å². The van der Waals surface area contributed by atoms with Gasteiger partial charge in [0.1, 0.15) is 17.3 Å². The average Bonchev–Trinajstić information content (AvgIpc) is 2.29. The molecule has 0 aliphatic carbocycles. The van der Waals surface area contributed by atoms with Crippen LogP contribution < -0.4 is 15.4 Å². The minimum atomic E-state index is 0.450. The molecule has 0 unspecified atom stereocenters. The molecule has 1 aromatic carbocycles. The van der Waals surface area contributed by atoms with E-state index >= 15 is 0 Å². The van der Waals surface area contributed by atoms with Crippen LogP contribution in [0.1, 0.15) is 0 Å². The van der Waals surface area contributed by atoms with Gasteiger partial charge in [0, 0.05) is 38.1 Å². The lowest BCUT2D eigenvalue weighted by Crippen LogP contribution is -2.08. The van der Waals surface area contributed by atoms with E-state index < -0.39 is 0 Å². The van der Waals surface area contributed by atoms with Crippen molar-refractivity contribution in [2.45, 2.75) is 0 Å². The number of nitrogen functional groups attached to an aromatic ring is 1. The van der Waals surface area contributed by atoms with Crippen molar-refractivity contribution in [1.82, 2.24) is 4.98 Å². The van der Waals surface area contributed by atoms with Gasteiger partial charge in [-0.15, -0.1) is 0 Å². The van der Waals surface area contributed by atoms with Gasteiger partial charge in [-0.05, 0) is 18.2 Å². The van der Waals surface area contributed by atoms with Gasteiger partial charge in [0.25, 0.3) is 0 Å². The summed E-state index contributed by atoms with van der Waals surface area (Å²) in [4.78, 5) is 5.94. The average molecular weight is 229 g/mol. The molecule has 0 atom stereocenters. The van der Waals surface area contributed by atoms with Crippen molar-refractivity contribution in [2.75, 3.05) is 24.7 Å². The van der Waals surface area contributed by atoms with Crippen LogP contribution in [0, 0.1) is 0 Å². The number of nitrogens with two attached hydrogens (primary N) is 1. The van der Waals surface area contributed by atoms with Gasteiger partial charge in [-0.3, -0.25) is 0 Å². The molecule has 2 N–H and O–H groups in total. The van der Waals surface area contributed by atoms with Crippen molar-refractivity contribution >= 4 is 11.5 Å². The maximum atomic E-state index is 5.70. The summed E-state index contributed by atoms with van der Waals surface area (Å²) in [5.41, 5.74) is 6.68. The third-order valence-corrected chi connectivity index (χ3v) is 2.32. The number of pyridine rings is 1. The summed E-state index contributed by atoms with van der Waals surface area (Å²) in [6, 6.07) is 11.3. The lowest BCUT2D eigenvalue weighted by molar-refractivity contribution is 0.482. The van der Waals surface area contributed by atoms with Crippen LogP contribution in [0.5, 0.6) is 11.5 Å². The second-order valence-electron chi connectivity index (χ2n) is 3.91. The van der Waals surface area contributed by atoms with Crippen LogP contribution in [-0.4, -0.2) is 19.1 Å². The molecule has 0 aliphatic rings. The van der Waals surface area contributed by atoms with Crippen LogP contribution in [0.15, 0.2) is 42.6 Å². The molecule has 1 aromatic heterocycles. The summed E-state index contributed by atoms with van der Waals surface area (Å²) in [5, 5.41) is 0. The molecule has 0 saturated heterocycles. The number of ether oxygens (including phenoxy) is 1. The number of benzene rings is 1. The van der Waals surface area contributed by atoms with E-state index in [0.29, 0.717) is 11.6 Å². The molecule has 2 rings (SSSR count). The fourth-order valence-electron chi connectivity index (χ4n) is 1.45. The third-order valence-electron chi connectivity index (χ3n) is 2.32. The zero-order chi connectivity index (χ0) is 12.3. The largest absolute Gasteiger partial charge is 0.457 e. The van der Waals surface area contributed by atoms with Crippen molar-refractivity contribution in [2.24, 2.45) is 0 Å². The van der Waals surface area contributed by atoms with Gasteiger partial charge < -0.3 is 15.4 Å². The van der Waals surface area contributed by atoms with E-state index in [4.69, 9.17) is 10.5 Å². The Hall–Kier alpha value is -2.23. The number of anilines is 2. The summed E-state index contributed by atoms with van der Waals surface area (Å²) >= 11 is 0. The summed E-state index contributed by atoms with van der Waals surface area (Å²) in [7, 11) is 3.98. The Bertz CT molecular complexity index is 512. The molecule has 0 spiro atoms. The van der Waals surface area contributed by atoms with Gasteiger partial charge in [0.05, 0.1) is 0 Å². The Morgan fingerprint density at radius 3 is 2.59 bits per heavy atom. The molecule has 0 saturated carbocycles. The van der Waals surface area contributed by atoms with Crippen LogP contribution in [0.25, 0.3) is 0 Å². The third kappa shape index (κ3) is 2.87. The highest BCUT2D eigenvalue weighted by Crippen LogP contribution is 2.25. The molecule has 0 radical (unpaired) electrons. The van der Waals surface area contributed by atoms with Gasteiger partial charge in [-0.1, -0.05) is 6.07 Å². The first-order valence-electron chi connectivity index (χ1n) is 5.32. The van der Waals surface area contributed by atoms with Crippen LogP contribution in [0.2, 0.25) is 0 Å². The number of hydrogen-bond acceptors (Lipinski definition) is 4. The Balaban J connectivity index is 2.21. The molecule has 88 valence electrons. The molecule has 1 heterocycles. The van der Waals surface area contributed by atoms with Crippen molar-refractivity contribution in [3.63, 3.8) is 0 Å². The van der Waals surface area contributed by atoms with Crippen molar-refractivity contribution in [3.05, 3.63) is 42.6 Å². The number of aromatic nitrogens is 1. The summed E-state index contributed by atoms with van der Waals surface area (Å²) in [6.45, 7) is 0. The normalized spacial score (nSPS) is 10.0. The van der Waals surface area contributed by atoms with Crippen molar-refractivity contribution in [1.29, 1.82) is 0 Å². The number of hydrogen-bond donors (Lipinski definition) is 1. The van der Waals surface area contributed by atoms with E-state index in [0.717, 1.165) is 11.4 Å². The first-order valence-corrected chi connectivity index (χ1v) is 5.32. The zero-order valence-electron chi connectivity index (χ0n) is 9.92. The maximum Gasteiger partial charge on any atom is 0.132 e. The first-order chi connectivity index (χ1) is 8.15. The standard InChI is InChI=1S/C13H15N3O/c1-16(2)10-4-3-5-11(8-10)17-12-6-7-15-13(14)9-12/h3-9H,1-2H3,(H2,14,15). The maximum absolute atomic E-state index is 5.70. The zero-order valence-corrected chi connectivity index (χ0v) is 9.92. The molecule has 17 heavy (non-hydrogen) atoms. The molecule has 4 nitrogen and oxygen atoms in total. The molecule has 4 heteroatoms. The number of nitrogens with zero attached hydrogens (tertiary/aromatic N) is 2. The van der Waals surface area contributed by atoms with Gasteiger partial charge >= 0.3 is 0 Å². The fourth-order valence-corrected chi connectivity index (χ4v) is 1.45. The SMILES string of the molecule is CN(C)c1cccc(Oc2ccnc(N)c2)c1. The summed E-state index contributed by atoms with van der Waals surface area (Å²) < 4.78 is 5.70. The minimum Gasteiger partial charge on any atom is -0.457 e. The minimum absolute atomic E-state index is 0.450. The Kier molecular flexibility index (Phi) is 3.14. The topological polar surface area (TPSA) is 51.4 Å². The highest BCUT2D eigenvalue weighted by molar-refractivity contribution is 5.50. The molecular formula is C13H15N3O. The molecule has 0 amide bonds. The lowest BCUT2D eigenvalue weighted by Gasteiger charge is -2.13. The molecule has 0 bridgehead atoms. The molecule has 0 aliphatic heterocycles. The van der Waals surface area contributed by atoms with Crippen LogP contribution in [0.3, 0.4) is 0 Å². The second kappa shape index (κ2) is 4.74. The predicted molar refractivity (Wildman–Crippen MR) is 69.5 cm³/mol. The quantitative estimate of drug-likeness (QED) is 0.878. The van der Waals surface area contributed by atoms with E-state index in [1.165, 1.54) is 0 Å². The number of rotatable bonds is 3. The van der Waals surface area contributed by atoms with E-state index in [9.17, 15) is 0 Å². The monoisotopic (exact) mass is 229 g/mol. The van der Waals surface area contributed by atoms with Gasteiger partial charge in [-0.25, -0.2) is 4.98 Å². The van der Waals surface area contributed by atoms with Crippen molar-refractivity contribution in [3.8, 4) is 11.5 Å². The Labute approximate surface area is 101 Å². The second-order valence-corrected chi connectivity index (χ2v) is 3.91. The van der Waals surface area contributed by atoms with Crippen LogP contribution in [-0.2, 0) is 0 Å². The highest BCUT2D eigenvalue weighted by Gasteiger charge is 2.01. The first kappa shape index (κ1) is 11.3.